The monoisotopic (exact) mass is 313 g/mol. The maximum atomic E-state index is 13.0. The van der Waals surface area contributed by atoms with Gasteiger partial charge < -0.3 is 19.9 Å². The molecule has 2 N–H and O–H groups in total. The lowest BCUT2D eigenvalue weighted by molar-refractivity contribution is 0.278. The molecule has 0 aliphatic carbocycles. The second-order valence-corrected chi connectivity index (χ2v) is 4.38. The van der Waals surface area contributed by atoms with Crippen molar-refractivity contribution in [3.63, 3.8) is 0 Å². The first-order chi connectivity index (χ1) is 10.0. The third-order valence-corrected chi connectivity index (χ3v) is 3.01. The summed E-state index contributed by atoms with van der Waals surface area (Å²) in [7, 11) is 3.03. The molecule has 0 spiro atoms. The fraction of sp³-hybridized carbons (Fsp3) is 0.231. The molecule has 8 heteroatoms. The van der Waals surface area contributed by atoms with E-state index in [1.807, 2.05) is 0 Å². The van der Waals surface area contributed by atoms with E-state index in [-0.39, 0.29) is 18.4 Å². The van der Waals surface area contributed by atoms with Crippen LogP contribution in [0.4, 0.5) is 10.2 Å². The Bertz CT molecular complexity index is 655. The fourth-order valence-corrected chi connectivity index (χ4v) is 1.79. The van der Waals surface area contributed by atoms with Crippen LogP contribution in [0.3, 0.4) is 0 Å². The summed E-state index contributed by atoms with van der Waals surface area (Å²) in [5, 5.41) is 0.433. The minimum atomic E-state index is -0.702. The minimum absolute atomic E-state index is 0.0419. The van der Waals surface area contributed by atoms with Gasteiger partial charge in [0.1, 0.15) is 6.61 Å². The van der Waals surface area contributed by atoms with Crippen molar-refractivity contribution in [1.29, 1.82) is 0 Å². The Kier molecular flexibility index (Phi) is 4.64. The van der Waals surface area contributed by atoms with E-state index in [4.69, 9.17) is 31.5 Å². The first-order valence-electron chi connectivity index (χ1n) is 5.86. The summed E-state index contributed by atoms with van der Waals surface area (Å²) in [6.45, 7) is 0.0737. The highest BCUT2D eigenvalue weighted by Crippen LogP contribution is 2.33. The Morgan fingerprint density at radius 2 is 1.90 bits per heavy atom. The third-order valence-electron chi connectivity index (χ3n) is 2.66. The number of nitrogens with zero attached hydrogens (tertiary/aromatic N) is 2. The predicted octanol–water partition coefficient (Wildman–Crippen LogP) is 2.45. The summed E-state index contributed by atoms with van der Waals surface area (Å²) < 4.78 is 28.6. The quantitative estimate of drug-likeness (QED) is 0.913. The highest BCUT2D eigenvalue weighted by atomic mass is 35.5. The third kappa shape index (κ3) is 3.43. The molecule has 0 saturated heterocycles. The summed E-state index contributed by atoms with van der Waals surface area (Å²) in [5.74, 6) is 0.0403. The number of benzene rings is 1. The molecular weight excluding hydrogens is 301 g/mol. The zero-order valence-corrected chi connectivity index (χ0v) is 12.1. The molecule has 0 atom stereocenters. The van der Waals surface area contributed by atoms with Crippen LogP contribution in [0.5, 0.6) is 17.5 Å². The predicted molar refractivity (Wildman–Crippen MR) is 75.3 cm³/mol. The molecule has 0 fully saturated rings. The normalized spacial score (nSPS) is 10.3. The van der Waals surface area contributed by atoms with Crippen LogP contribution in [0.2, 0.25) is 5.02 Å². The van der Waals surface area contributed by atoms with Crippen molar-refractivity contribution in [2.45, 2.75) is 6.61 Å². The lowest BCUT2D eigenvalue weighted by Crippen LogP contribution is -2.04. The standard InChI is InChI=1S/C13H13ClFN3O3/c1-19-10-3-7(8(14)4-11(10)20-2)6-21-13-17-5-9(15)12(16)18-13/h3-5H,6H2,1-2H3,(H2,16,17,18). The second-order valence-electron chi connectivity index (χ2n) is 3.97. The molecule has 0 aliphatic rings. The van der Waals surface area contributed by atoms with E-state index >= 15 is 0 Å². The van der Waals surface area contributed by atoms with E-state index in [9.17, 15) is 4.39 Å². The zero-order chi connectivity index (χ0) is 15.4. The van der Waals surface area contributed by atoms with Gasteiger partial charge in [-0.2, -0.15) is 4.98 Å². The van der Waals surface area contributed by atoms with E-state index < -0.39 is 5.82 Å². The molecule has 6 nitrogen and oxygen atoms in total. The van der Waals surface area contributed by atoms with Crippen LogP contribution in [0.1, 0.15) is 5.56 Å². The summed E-state index contributed by atoms with van der Waals surface area (Å²) in [6, 6.07) is 3.24. The number of rotatable bonds is 5. The summed E-state index contributed by atoms with van der Waals surface area (Å²) in [6.07, 6.45) is 0.938. The second kappa shape index (κ2) is 6.45. The summed E-state index contributed by atoms with van der Waals surface area (Å²) in [5.41, 5.74) is 5.97. The average Bonchev–Trinajstić information content (AvgIpc) is 2.49. The van der Waals surface area contributed by atoms with Crippen molar-refractivity contribution in [2.24, 2.45) is 0 Å². The van der Waals surface area contributed by atoms with Gasteiger partial charge in [-0.05, 0) is 6.07 Å². The Morgan fingerprint density at radius 1 is 1.24 bits per heavy atom. The number of methoxy groups -OCH3 is 2. The van der Waals surface area contributed by atoms with E-state index in [0.29, 0.717) is 22.1 Å². The van der Waals surface area contributed by atoms with Crippen LogP contribution in [-0.2, 0) is 6.61 Å². The maximum Gasteiger partial charge on any atom is 0.318 e. The largest absolute Gasteiger partial charge is 0.493 e. The Morgan fingerprint density at radius 3 is 2.52 bits per heavy atom. The van der Waals surface area contributed by atoms with E-state index in [2.05, 4.69) is 9.97 Å². The Labute approximate surface area is 125 Å². The molecule has 112 valence electrons. The molecule has 0 radical (unpaired) electrons. The molecule has 0 unspecified atom stereocenters. The van der Waals surface area contributed by atoms with E-state index in [0.717, 1.165) is 6.20 Å². The molecule has 2 rings (SSSR count). The van der Waals surface area contributed by atoms with Gasteiger partial charge in [-0.3, -0.25) is 0 Å². The van der Waals surface area contributed by atoms with Gasteiger partial charge in [0.2, 0.25) is 0 Å². The van der Waals surface area contributed by atoms with Gasteiger partial charge in [0, 0.05) is 11.6 Å². The van der Waals surface area contributed by atoms with Crippen LogP contribution < -0.4 is 19.9 Å². The van der Waals surface area contributed by atoms with Crippen LogP contribution in [0.15, 0.2) is 18.3 Å². The summed E-state index contributed by atoms with van der Waals surface area (Å²) in [4.78, 5) is 7.34. The number of anilines is 1. The first-order valence-corrected chi connectivity index (χ1v) is 6.24. The van der Waals surface area contributed by atoms with E-state index in [1.54, 1.807) is 12.1 Å². The van der Waals surface area contributed by atoms with Gasteiger partial charge in [0.05, 0.1) is 25.4 Å². The molecule has 0 aliphatic heterocycles. The smallest absolute Gasteiger partial charge is 0.318 e. The molecule has 2 aromatic rings. The SMILES string of the molecule is COc1cc(Cl)c(COc2ncc(F)c(N)n2)cc1OC. The van der Waals surface area contributed by atoms with E-state index in [1.165, 1.54) is 14.2 Å². The number of hydrogen-bond donors (Lipinski definition) is 1. The number of nitrogens with two attached hydrogens (primary N) is 1. The Balaban J connectivity index is 2.17. The topological polar surface area (TPSA) is 79.5 Å². The first kappa shape index (κ1) is 15.1. The minimum Gasteiger partial charge on any atom is -0.493 e. The lowest BCUT2D eigenvalue weighted by Gasteiger charge is -2.12. The van der Waals surface area contributed by atoms with Gasteiger partial charge in [0.25, 0.3) is 0 Å². The zero-order valence-electron chi connectivity index (χ0n) is 11.4. The highest BCUT2D eigenvalue weighted by molar-refractivity contribution is 6.31. The van der Waals surface area contributed by atoms with Crippen molar-refractivity contribution in [1.82, 2.24) is 9.97 Å². The van der Waals surface area contributed by atoms with Crippen molar-refractivity contribution >= 4 is 17.4 Å². The molecule has 1 aromatic heterocycles. The van der Waals surface area contributed by atoms with Gasteiger partial charge in [0.15, 0.2) is 23.1 Å². The van der Waals surface area contributed by atoms with Gasteiger partial charge in [-0.1, -0.05) is 11.6 Å². The number of halogens is 2. The molecule has 21 heavy (non-hydrogen) atoms. The molecule has 0 amide bonds. The van der Waals surface area contributed by atoms with Crippen molar-refractivity contribution in [2.75, 3.05) is 20.0 Å². The van der Waals surface area contributed by atoms with Crippen molar-refractivity contribution in [3.8, 4) is 17.5 Å². The molecule has 0 bridgehead atoms. The number of nitrogen functional groups attached to an aromatic ring is 1. The van der Waals surface area contributed by atoms with Gasteiger partial charge in [-0.25, -0.2) is 9.37 Å². The molecular formula is C13H13ClFN3O3. The van der Waals surface area contributed by atoms with Crippen molar-refractivity contribution < 1.29 is 18.6 Å². The molecule has 0 saturated carbocycles. The maximum absolute atomic E-state index is 13.0. The van der Waals surface area contributed by atoms with Gasteiger partial charge >= 0.3 is 6.01 Å². The summed E-state index contributed by atoms with van der Waals surface area (Å²) >= 11 is 6.12. The van der Waals surface area contributed by atoms with Crippen LogP contribution in [0.25, 0.3) is 0 Å². The van der Waals surface area contributed by atoms with Crippen molar-refractivity contribution in [3.05, 3.63) is 34.7 Å². The van der Waals surface area contributed by atoms with Crippen LogP contribution >= 0.6 is 11.6 Å². The fourth-order valence-electron chi connectivity index (χ4n) is 1.58. The van der Waals surface area contributed by atoms with Crippen LogP contribution in [-0.4, -0.2) is 24.2 Å². The molecule has 1 heterocycles. The molecule has 1 aromatic carbocycles. The van der Waals surface area contributed by atoms with Crippen LogP contribution in [0, 0.1) is 5.82 Å². The number of aromatic nitrogens is 2. The number of ether oxygens (including phenoxy) is 3. The Hall–Kier alpha value is -2.28. The number of hydrogen-bond acceptors (Lipinski definition) is 6. The van der Waals surface area contributed by atoms with Gasteiger partial charge in [-0.15, -0.1) is 0 Å². The average molecular weight is 314 g/mol. The highest BCUT2D eigenvalue weighted by Gasteiger charge is 2.11. The lowest BCUT2D eigenvalue weighted by atomic mass is 10.2.